The summed E-state index contributed by atoms with van der Waals surface area (Å²) < 4.78 is 23.2. The van der Waals surface area contributed by atoms with Gasteiger partial charge in [0.15, 0.2) is 0 Å². The third-order valence-corrected chi connectivity index (χ3v) is 4.00. The second-order valence-electron chi connectivity index (χ2n) is 6.15. The molecule has 1 aliphatic rings. The van der Waals surface area contributed by atoms with Gasteiger partial charge in [-0.15, -0.1) is 0 Å². The van der Waals surface area contributed by atoms with E-state index in [0.29, 0.717) is 36.1 Å². The number of halogens is 1. The quantitative estimate of drug-likeness (QED) is 0.727. The van der Waals surface area contributed by atoms with Crippen molar-refractivity contribution in [3.8, 4) is 28.6 Å². The maximum atomic E-state index is 13.7. The fourth-order valence-electron chi connectivity index (χ4n) is 2.93. The van der Waals surface area contributed by atoms with Crippen LogP contribution in [0.25, 0.3) is 22.8 Å². The summed E-state index contributed by atoms with van der Waals surface area (Å²) >= 11 is 0. The van der Waals surface area contributed by atoms with Gasteiger partial charge >= 0.3 is 139 Å². The van der Waals surface area contributed by atoms with E-state index in [2.05, 4.69) is 23.9 Å². The first-order valence-corrected chi connectivity index (χ1v) is 7.96. The van der Waals surface area contributed by atoms with E-state index in [4.69, 9.17) is 9.72 Å². The molecule has 4 rings (SSSR count). The predicted octanol–water partition coefficient (Wildman–Crippen LogP) is 2.57. The number of nitrogens with zero attached hydrogens (tertiary/aromatic N) is 5. The van der Waals surface area contributed by atoms with Crippen molar-refractivity contribution in [2.45, 2.75) is 33.4 Å². The van der Waals surface area contributed by atoms with Gasteiger partial charge in [0.05, 0.1) is 0 Å². The maximum absolute atomic E-state index is 13.7. The summed E-state index contributed by atoms with van der Waals surface area (Å²) in [5.41, 5.74) is 1.39. The number of hydrogen-bond acceptors (Lipinski definition) is 4. The van der Waals surface area contributed by atoms with Crippen LogP contribution in [-0.4, -0.2) is 37.9 Å². The van der Waals surface area contributed by atoms with Crippen molar-refractivity contribution in [2.75, 3.05) is 6.61 Å². The molecule has 0 saturated heterocycles. The van der Waals surface area contributed by atoms with Crippen molar-refractivity contribution in [3.05, 3.63) is 29.8 Å². The standard InChI is InChI=1S/C16H17BFN5O/c1-9(2)23-16(19-10(3)21-23)14-17-22-6-7-24-13-5-4-11(18)8-12(13)15(22)20-14/h4-5,8-9H,6-7H2,1-3H3. The van der Waals surface area contributed by atoms with E-state index >= 15 is 0 Å². The van der Waals surface area contributed by atoms with E-state index in [1.807, 2.05) is 23.1 Å². The van der Waals surface area contributed by atoms with E-state index in [1.54, 1.807) is 6.07 Å². The summed E-state index contributed by atoms with van der Waals surface area (Å²) in [4.78, 5) is 9.23. The molecule has 1 aliphatic heterocycles. The molecule has 6 nitrogen and oxygen atoms in total. The molecule has 0 spiro atoms. The zero-order valence-corrected chi connectivity index (χ0v) is 13.8. The normalized spacial score (nSPS) is 13.2. The molecule has 0 saturated carbocycles. The van der Waals surface area contributed by atoms with Crippen molar-refractivity contribution in [1.29, 1.82) is 0 Å². The summed E-state index contributed by atoms with van der Waals surface area (Å²) in [5, 5.41) is 4.44. The van der Waals surface area contributed by atoms with Gasteiger partial charge in [0.1, 0.15) is 0 Å². The Morgan fingerprint density at radius 3 is 2.88 bits per heavy atom. The zero-order valence-electron chi connectivity index (χ0n) is 13.8. The van der Waals surface area contributed by atoms with E-state index < -0.39 is 0 Å². The first-order valence-electron chi connectivity index (χ1n) is 7.96. The van der Waals surface area contributed by atoms with Crippen LogP contribution in [0.5, 0.6) is 5.75 Å². The van der Waals surface area contributed by atoms with Gasteiger partial charge in [-0.25, -0.2) is 0 Å². The Balaban J connectivity index is 1.88. The molecule has 0 radical (unpaired) electrons. The molecule has 0 fully saturated rings. The van der Waals surface area contributed by atoms with Crippen molar-refractivity contribution in [1.82, 2.24) is 24.2 Å². The minimum absolute atomic E-state index is 0.177. The monoisotopic (exact) mass is 325 g/mol. The van der Waals surface area contributed by atoms with Gasteiger partial charge < -0.3 is 0 Å². The number of ether oxygens (including phenoxy) is 1. The van der Waals surface area contributed by atoms with Crippen LogP contribution in [0.1, 0.15) is 25.7 Å². The van der Waals surface area contributed by atoms with E-state index in [9.17, 15) is 4.39 Å². The molecule has 3 heterocycles. The van der Waals surface area contributed by atoms with Crippen molar-refractivity contribution in [3.63, 3.8) is 0 Å². The van der Waals surface area contributed by atoms with Crippen molar-refractivity contribution in [2.24, 2.45) is 0 Å². The third kappa shape index (κ3) is 2.42. The number of hydrogen-bond donors (Lipinski definition) is 0. The van der Waals surface area contributed by atoms with Gasteiger partial charge in [-0.2, -0.15) is 0 Å². The van der Waals surface area contributed by atoms with Gasteiger partial charge in [-0.1, -0.05) is 0 Å². The Labute approximate surface area is 139 Å². The van der Waals surface area contributed by atoms with Crippen LogP contribution in [0.2, 0.25) is 0 Å². The average Bonchev–Trinajstić information content (AvgIpc) is 3.08. The molecule has 0 N–H and O–H groups in total. The van der Waals surface area contributed by atoms with Gasteiger partial charge in [-0.05, 0) is 0 Å². The molecular formula is C16H17BFN5O. The number of benzene rings is 1. The molecule has 2 aromatic heterocycles. The van der Waals surface area contributed by atoms with Crippen LogP contribution in [0.15, 0.2) is 18.2 Å². The van der Waals surface area contributed by atoms with E-state index in [-0.39, 0.29) is 11.9 Å². The van der Waals surface area contributed by atoms with Crippen LogP contribution in [-0.2, 0) is 6.54 Å². The topological polar surface area (TPSA) is 57.8 Å². The predicted molar refractivity (Wildman–Crippen MR) is 88.6 cm³/mol. The SMILES string of the molecule is Cc1nc(-c2bn3c(n2)-c2cc(F)ccc2OCC3)n(C(C)C)n1. The second-order valence-corrected chi connectivity index (χ2v) is 6.15. The molecule has 0 atom stereocenters. The van der Waals surface area contributed by atoms with Crippen molar-refractivity contribution >= 4 is 7.05 Å². The Morgan fingerprint density at radius 2 is 2.08 bits per heavy atom. The molecule has 0 amide bonds. The number of fused-ring (bicyclic) bond motifs is 3. The molecule has 24 heavy (non-hydrogen) atoms. The Morgan fingerprint density at radius 1 is 1.25 bits per heavy atom. The van der Waals surface area contributed by atoms with Crippen molar-refractivity contribution < 1.29 is 9.13 Å². The number of rotatable bonds is 2. The third-order valence-electron chi connectivity index (χ3n) is 4.00. The Kier molecular flexibility index (Phi) is 3.47. The van der Waals surface area contributed by atoms with Crippen LogP contribution in [0, 0.1) is 12.7 Å². The molecule has 0 unspecified atom stereocenters. The van der Waals surface area contributed by atoms with E-state index in [0.717, 1.165) is 11.4 Å². The molecular weight excluding hydrogens is 308 g/mol. The number of aryl methyl sites for hydroxylation is 1. The summed E-state index contributed by atoms with van der Waals surface area (Å²) in [6.45, 7) is 7.13. The number of aromatic nitrogens is 5. The second kappa shape index (κ2) is 5.54. The van der Waals surface area contributed by atoms with Crippen LogP contribution in [0.4, 0.5) is 4.39 Å². The average molecular weight is 325 g/mol. The first kappa shape index (κ1) is 15.0. The minimum atomic E-state index is -0.309. The van der Waals surface area contributed by atoms with Crippen LogP contribution >= 0.6 is 0 Å². The first-order chi connectivity index (χ1) is 11.5. The molecule has 1 aromatic carbocycles. The summed E-state index contributed by atoms with van der Waals surface area (Å²) in [5.74, 6) is 2.46. The Hall–Kier alpha value is -2.51. The summed E-state index contributed by atoms with van der Waals surface area (Å²) in [6, 6.07) is 4.68. The van der Waals surface area contributed by atoms with Gasteiger partial charge in [-0.3, -0.25) is 0 Å². The van der Waals surface area contributed by atoms with Gasteiger partial charge in [0.25, 0.3) is 0 Å². The molecule has 0 aliphatic carbocycles. The molecule has 3 aromatic rings. The van der Waals surface area contributed by atoms with Gasteiger partial charge in [0, 0.05) is 0 Å². The summed E-state index contributed by atoms with van der Waals surface area (Å²) in [6.07, 6.45) is 0. The van der Waals surface area contributed by atoms with Crippen LogP contribution < -0.4 is 4.74 Å². The molecule has 122 valence electrons. The molecule has 8 heteroatoms. The zero-order chi connectivity index (χ0) is 16.8. The van der Waals surface area contributed by atoms with Gasteiger partial charge in [0.2, 0.25) is 0 Å². The Bertz CT molecular complexity index is 917. The molecule has 0 bridgehead atoms. The van der Waals surface area contributed by atoms with Crippen LogP contribution in [0.3, 0.4) is 0 Å². The fraction of sp³-hybridized carbons (Fsp3) is 0.375. The van der Waals surface area contributed by atoms with E-state index in [1.165, 1.54) is 12.1 Å². The summed E-state index contributed by atoms with van der Waals surface area (Å²) in [7, 11) is 1.93. The fourth-order valence-corrected chi connectivity index (χ4v) is 2.93.